The van der Waals surface area contributed by atoms with Crippen LogP contribution in [0.3, 0.4) is 0 Å². The molecule has 2 aromatic rings. The predicted molar refractivity (Wildman–Crippen MR) is 137 cm³/mol. The highest BCUT2D eigenvalue weighted by Gasteiger charge is 2.34. The maximum Gasteiger partial charge on any atom is 0.416 e. The highest BCUT2D eigenvalue weighted by atomic mass is 35.5. The number of likely N-dealkylation sites (N-methyl/N-ethyl adjacent to an activating group) is 1. The molecule has 4 rings (SSSR count). The Bertz CT molecular complexity index is 1070. The number of nitrogens with one attached hydrogen (secondary N) is 1. The zero-order chi connectivity index (χ0) is 25.9. The first-order valence-corrected chi connectivity index (χ1v) is 12.8. The van der Waals surface area contributed by atoms with Crippen LogP contribution in [0.25, 0.3) is 0 Å². The van der Waals surface area contributed by atoms with Crippen LogP contribution >= 0.6 is 11.6 Å². The average molecular weight is 523 g/mol. The van der Waals surface area contributed by atoms with Gasteiger partial charge < -0.3 is 15.1 Å². The van der Waals surface area contributed by atoms with E-state index in [1.807, 2.05) is 31.1 Å². The largest absolute Gasteiger partial charge is 0.416 e. The molecule has 0 bridgehead atoms. The van der Waals surface area contributed by atoms with Crippen LogP contribution in [0.4, 0.5) is 18.9 Å². The highest BCUT2D eigenvalue weighted by Crippen LogP contribution is 2.36. The molecule has 1 N–H and O–H groups in total. The Morgan fingerprint density at radius 2 is 1.86 bits per heavy atom. The van der Waals surface area contributed by atoms with Crippen LogP contribution in [-0.4, -0.2) is 67.4 Å². The van der Waals surface area contributed by atoms with E-state index in [0.717, 1.165) is 59.9 Å². The van der Waals surface area contributed by atoms with Gasteiger partial charge in [-0.25, -0.2) is 0 Å². The molecule has 1 amide bonds. The summed E-state index contributed by atoms with van der Waals surface area (Å²) in [5, 5.41) is 4.00. The molecular formula is C27H34ClF3N4O. The number of carbonyl (C=O) groups excluding carboxylic acids is 1. The molecule has 2 aromatic carbocycles. The highest BCUT2D eigenvalue weighted by molar-refractivity contribution is 6.31. The molecule has 0 unspecified atom stereocenters. The molecule has 1 aliphatic heterocycles. The van der Waals surface area contributed by atoms with E-state index in [9.17, 15) is 18.0 Å². The monoisotopic (exact) mass is 522 g/mol. The minimum atomic E-state index is -4.47. The third-order valence-electron chi connectivity index (χ3n) is 6.93. The molecular weight excluding hydrogens is 489 g/mol. The summed E-state index contributed by atoms with van der Waals surface area (Å²) in [7, 11) is 3.74. The number of rotatable bonds is 10. The Morgan fingerprint density at radius 3 is 2.56 bits per heavy atom. The lowest BCUT2D eigenvalue weighted by Gasteiger charge is -2.31. The molecule has 0 spiro atoms. The quantitative estimate of drug-likeness (QED) is 0.469. The van der Waals surface area contributed by atoms with Crippen molar-refractivity contribution in [2.45, 2.75) is 38.5 Å². The zero-order valence-corrected chi connectivity index (χ0v) is 21.6. The standard InChI is InChI=1S/C27H34ClF3N4O/c1-33(2)13-14-35(17-20-5-3-4-6-23(20)27(29,30)31)26(36)15-32-25-10-9-24(28)22-18-34(12-11-21(22)25)16-19-7-8-19/h3-6,9-10,19,32H,7-8,11-18H2,1-2H3. The molecule has 1 saturated carbocycles. The molecule has 1 aliphatic carbocycles. The van der Waals surface area contributed by atoms with E-state index in [4.69, 9.17) is 11.6 Å². The third-order valence-corrected chi connectivity index (χ3v) is 7.29. The zero-order valence-electron chi connectivity index (χ0n) is 20.9. The Hall–Kier alpha value is -2.29. The lowest BCUT2D eigenvalue weighted by Crippen LogP contribution is -2.40. The van der Waals surface area contributed by atoms with E-state index in [1.165, 1.54) is 29.9 Å². The second kappa shape index (κ2) is 11.4. The van der Waals surface area contributed by atoms with Gasteiger partial charge in [0.05, 0.1) is 12.1 Å². The molecule has 0 atom stereocenters. The Kier molecular flexibility index (Phi) is 8.48. The van der Waals surface area contributed by atoms with Crippen molar-refractivity contribution >= 4 is 23.2 Å². The van der Waals surface area contributed by atoms with Crippen LogP contribution in [-0.2, 0) is 30.5 Å². The van der Waals surface area contributed by atoms with Crippen molar-refractivity contribution in [2.24, 2.45) is 5.92 Å². The third kappa shape index (κ3) is 6.93. The molecule has 0 aromatic heterocycles. The van der Waals surface area contributed by atoms with Crippen LogP contribution in [0, 0.1) is 5.92 Å². The molecule has 0 radical (unpaired) electrons. The van der Waals surface area contributed by atoms with Crippen molar-refractivity contribution < 1.29 is 18.0 Å². The fourth-order valence-corrected chi connectivity index (χ4v) is 4.95. The number of hydrogen-bond donors (Lipinski definition) is 1. The van der Waals surface area contributed by atoms with Crippen LogP contribution in [0.1, 0.15) is 35.1 Å². The first-order chi connectivity index (χ1) is 17.1. The van der Waals surface area contributed by atoms with Gasteiger partial charge in [0.15, 0.2) is 0 Å². The van der Waals surface area contributed by atoms with Crippen LogP contribution in [0.15, 0.2) is 36.4 Å². The molecule has 1 heterocycles. The summed E-state index contributed by atoms with van der Waals surface area (Å²) in [4.78, 5) is 19.1. The van der Waals surface area contributed by atoms with E-state index < -0.39 is 11.7 Å². The molecule has 0 saturated heterocycles. The lowest BCUT2D eigenvalue weighted by atomic mass is 9.97. The minimum absolute atomic E-state index is 0.00146. The van der Waals surface area contributed by atoms with Crippen molar-refractivity contribution in [3.8, 4) is 0 Å². The van der Waals surface area contributed by atoms with Crippen molar-refractivity contribution in [1.29, 1.82) is 0 Å². The van der Waals surface area contributed by atoms with Gasteiger partial charge in [-0.2, -0.15) is 13.2 Å². The number of fused-ring (bicyclic) bond motifs is 1. The first-order valence-electron chi connectivity index (χ1n) is 12.5. The van der Waals surface area contributed by atoms with Gasteiger partial charge in [0.2, 0.25) is 5.91 Å². The van der Waals surface area contributed by atoms with Crippen molar-refractivity contribution in [3.05, 3.63) is 63.7 Å². The Morgan fingerprint density at radius 1 is 1.11 bits per heavy atom. The van der Waals surface area contributed by atoms with Gasteiger partial charge in [-0.3, -0.25) is 9.69 Å². The Labute approximate surface area is 216 Å². The molecule has 5 nitrogen and oxygen atoms in total. The lowest BCUT2D eigenvalue weighted by molar-refractivity contribution is -0.139. The van der Waals surface area contributed by atoms with Crippen LogP contribution in [0.5, 0.6) is 0 Å². The van der Waals surface area contributed by atoms with E-state index in [2.05, 4.69) is 10.2 Å². The van der Waals surface area contributed by atoms with E-state index in [0.29, 0.717) is 13.1 Å². The number of nitrogens with zero attached hydrogens (tertiary/aromatic N) is 3. The van der Waals surface area contributed by atoms with E-state index in [-0.39, 0.29) is 24.6 Å². The van der Waals surface area contributed by atoms with Crippen LogP contribution < -0.4 is 5.32 Å². The molecule has 9 heteroatoms. The van der Waals surface area contributed by atoms with Gasteiger partial charge in [-0.1, -0.05) is 29.8 Å². The number of alkyl halides is 3. The second-order valence-corrected chi connectivity index (χ2v) is 10.5. The van der Waals surface area contributed by atoms with Crippen molar-refractivity contribution in [1.82, 2.24) is 14.7 Å². The fourth-order valence-electron chi connectivity index (χ4n) is 4.72. The summed E-state index contributed by atoms with van der Waals surface area (Å²) in [6.07, 6.45) is -1.01. The first kappa shape index (κ1) is 26.8. The number of halogens is 4. The number of anilines is 1. The molecule has 196 valence electrons. The fraction of sp³-hybridized carbons (Fsp3) is 0.519. The number of carbonyl (C=O) groups is 1. The molecule has 2 aliphatic rings. The summed E-state index contributed by atoms with van der Waals surface area (Å²) in [5.74, 6) is 0.559. The topological polar surface area (TPSA) is 38.8 Å². The number of benzene rings is 2. The molecule has 1 fully saturated rings. The normalized spacial score (nSPS) is 16.2. The Balaban J connectivity index is 1.46. The molecule has 36 heavy (non-hydrogen) atoms. The summed E-state index contributed by atoms with van der Waals surface area (Å²) in [6.45, 7) is 3.64. The van der Waals surface area contributed by atoms with Crippen molar-refractivity contribution in [2.75, 3.05) is 52.1 Å². The average Bonchev–Trinajstić information content (AvgIpc) is 3.65. The van der Waals surface area contributed by atoms with Gasteiger partial charge in [-0.05, 0) is 74.2 Å². The minimum Gasteiger partial charge on any atom is -0.376 e. The van der Waals surface area contributed by atoms with E-state index >= 15 is 0 Å². The summed E-state index contributed by atoms with van der Waals surface area (Å²) < 4.78 is 40.6. The van der Waals surface area contributed by atoms with Gasteiger partial charge >= 0.3 is 6.18 Å². The van der Waals surface area contributed by atoms with E-state index in [1.54, 1.807) is 6.07 Å². The van der Waals surface area contributed by atoms with Gasteiger partial charge in [0.1, 0.15) is 0 Å². The maximum atomic E-state index is 13.5. The smallest absolute Gasteiger partial charge is 0.376 e. The van der Waals surface area contributed by atoms with Gasteiger partial charge in [-0.15, -0.1) is 0 Å². The summed E-state index contributed by atoms with van der Waals surface area (Å²) in [6, 6.07) is 9.20. The SMILES string of the molecule is CN(C)CCN(Cc1ccccc1C(F)(F)F)C(=O)CNc1ccc(Cl)c2c1CCN(CC1CC1)C2. The van der Waals surface area contributed by atoms with Crippen LogP contribution in [0.2, 0.25) is 5.02 Å². The predicted octanol–water partition coefficient (Wildman–Crippen LogP) is 5.13. The van der Waals surface area contributed by atoms with Gasteiger partial charge in [0.25, 0.3) is 0 Å². The summed E-state index contributed by atoms with van der Waals surface area (Å²) in [5.41, 5.74) is 2.49. The van der Waals surface area contributed by atoms with Gasteiger partial charge in [0, 0.05) is 50.0 Å². The number of hydrogen-bond acceptors (Lipinski definition) is 4. The maximum absolute atomic E-state index is 13.5. The van der Waals surface area contributed by atoms with Crippen molar-refractivity contribution in [3.63, 3.8) is 0 Å². The number of amides is 1. The second-order valence-electron chi connectivity index (χ2n) is 10.1. The summed E-state index contributed by atoms with van der Waals surface area (Å²) >= 11 is 6.53.